The van der Waals surface area contributed by atoms with Gasteiger partial charge >= 0.3 is 6.03 Å². The molecule has 0 radical (unpaired) electrons. The lowest BCUT2D eigenvalue weighted by atomic mass is 10.1. The number of rotatable bonds is 1. The van der Waals surface area contributed by atoms with Gasteiger partial charge in [0.15, 0.2) is 0 Å². The van der Waals surface area contributed by atoms with Gasteiger partial charge in [0.25, 0.3) is 0 Å². The van der Waals surface area contributed by atoms with Crippen LogP contribution in [0.3, 0.4) is 0 Å². The molecule has 1 aromatic carbocycles. The topological polar surface area (TPSA) is 68.0 Å². The molecule has 4 nitrogen and oxygen atoms in total. The van der Waals surface area contributed by atoms with E-state index in [1.165, 1.54) is 0 Å². The van der Waals surface area contributed by atoms with Crippen molar-refractivity contribution in [1.29, 1.82) is 0 Å². The van der Waals surface area contributed by atoms with Gasteiger partial charge in [-0.25, -0.2) is 4.79 Å². The molecule has 0 bridgehead atoms. The first-order valence-electron chi connectivity index (χ1n) is 4.16. The van der Waals surface area contributed by atoms with E-state index in [0.717, 1.165) is 10.8 Å². The zero-order valence-electron chi connectivity index (χ0n) is 7.40. The molecule has 0 aliphatic heterocycles. The molecule has 0 aliphatic carbocycles. The number of aromatic nitrogens is 1. The van der Waals surface area contributed by atoms with E-state index in [9.17, 15) is 4.79 Å². The second kappa shape index (κ2) is 3.33. The highest BCUT2D eigenvalue weighted by Gasteiger charge is 1.97. The lowest BCUT2D eigenvalue weighted by molar-refractivity contribution is 0.259. The summed E-state index contributed by atoms with van der Waals surface area (Å²) in [5.41, 5.74) is 5.70. The van der Waals surface area contributed by atoms with Gasteiger partial charge < -0.3 is 11.1 Å². The molecule has 0 atom stereocenters. The Balaban J connectivity index is 2.46. The number of primary amides is 1. The van der Waals surface area contributed by atoms with E-state index in [0.29, 0.717) is 5.69 Å². The first-order valence-corrected chi connectivity index (χ1v) is 4.16. The lowest BCUT2D eigenvalue weighted by Gasteiger charge is -2.02. The third-order valence-electron chi connectivity index (χ3n) is 1.91. The van der Waals surface area contributed by atoms with Gasteiger partial charge in [-0.3, -0.25) is 4.98 Å². The molecule has 1 aromatic heterocycles. The molecule has 0 saturated carbocycles. The van der Waals surface area contributed by atoms with E-state index in [1.54, 1.807) is 18.5 Å². The molecule has 2 amide bonds. The van der Waals surface area contributed by atoms with Gasteiger partial charge in [0, 0.05) is 23.5 Å². The number of pyridine rings is 1. The van der Waals surface area contributed by atoms with E-state index in [2.05, 4.69) is 10.3 Å². The summed E-state index contributed by atoms with van der Waals surface area (Å²) in [7, 11) is 0. The predicted molar refractivity (Wildman–Crippen MR) is 54.9 cm³/mol. The highest BCUT2D eigenvalue weighted by Crippen LogP contribution is 2.17. The van der Waals surface area contributed by atoms with Crippen LogP contribution in [0, 0.1) is 0 Å². The Bertz CT molecular complexity index is 482. The standard InChI is InChI=1S/C10H9N3O/c11-10(14)13-9-2-1-8-6-12-4-3-7(8)5-9/h1-6H,(H3,11,13,14). The van der Waals surface area contributed by atoms with Crippen LogP contribution in [0.25, 0.3) is 10.8 Å². The van der Waals surface area contributed by atoms with Gasteiger partial charge in [-0.1, -0.05) is 6.07 Å². The van der Waals surface area contributed by atoms with Crippen molar-refractivity contribution in [3.05, 3.63) is 36.7 Å². The average molecular weight is 187 g/mol. The smallest absolute Gasteiger partial charge is 0.316 e. The van der Waals surface area contributed by atoms with E-state index < -0.39 is 6.03 Å². The summed E-state index contributed by atoms with van der Waals surface area (Å²) in [5, 5.41) is 4.57. The van der Waals surface area contributed by atoms with Crippen LogP contribution in [-0.4, -0.2) is 11.0 Å². The number of anilines is 1. The van der Waals surface area contributed by atoms with Crippen molar-refractivity contribution in [2.24, 2.45) is 5.73 Å². The van der Waals surface area contributed by atoms with Crippen molar-refractivity contribution in [3.63, 3.8) is 0 Å². The summed E-state index contributed by atoms with van der Waals surface area (Å²) < 4.78 is 0. The van der Waals surface area contributed by atoms with Crippen molar-refractivity contribution in [2.45, 2.75) is 0 Å². The fourth-order valence-electron chi connectivity index (χ4n) is 1.30. The molecule has 0 spiro atoms. The number of hydrogen-bond acceptors (Lipinski definition) is 2. The Hall–Kier alpha value is -2.10. The predicted octanol–water partition coefficient (Wildman–Crippen LogP) is 1.73. The minimum absolute atomic E-state index is 0.557. The van der Waals surface area contributed by atoms with Gasteiger partial charge in [0.2, 0.25) is 0 Å². The molecule has 0 aliphatic rings. The Kier molecular flexibility index (Phi) is 2.02. The third kappa shape index (κ3) is 1.64. The second-order valence-corrected chi connectivity index (χ2v) is 2.93. The monoisotopic (exact) mass is 187 g/mol. The lowest BCUT2D eigenvalue weighted by Crippen LogP contribution is -2.19. The van der Waals surface area contributed by atoms with Gasteiger partial charge in [-0.15, -0.1) is 0 Å². The van der Waals surface area contributed by atoms with Crippen molar-refractivity contribution >= 4 is 22.5 Å². The number of nitrogens with one attached hydrogen (secondary N) is 1. The Morgan fingerprint density at radius 1 is 1.29 bits per heavy atom. The second-order valence-electron chi connectivity index (χ2n) is 2.93. The van der Waals surface area contributed by atoms with Crippen LogP contribution < -0.4 is 11.1 Å². The largest absolute Gasteiger partial charge is 0.351 e. The fraction of sp³-hybridized carbons (Fsp3) is 0. The molecular weight excluding hydrogens is 178 g/mol. The summed E-state index contributed by atoms with van der Waals surface area (Å²) in [4.78, 5) is 14.6. The van der Waals surface area contributed by atoms with Crippen molar-refractivity contribution in [2.75, 3.05) is 5.32 Å². The van der Waals surface area contributed by atoms with Crippen LogP contribution in [0.15, 0.2) is 36.7 Å². The maximum absolute atomic E-state index is 10.6. The minimum atomic E-state index is -0.557. The van der Waals surface area contributed by atoms with Gasteiger partial charge in [0.1, 0.15) is 0 Å². The van der Waals surface area contributed by atoms with Gasteiger partial charge in [-0.05, 0) is 23.6 Å². The summed E-state index contributed by atoms with van der Waals surface area (Å²) in [5.74, 6) is 0. The van der Waals surface area contributed by atoms with Crippen LogP contribution in [0.5, 0.6) is 0 Å². The van der Waals surface area contributed by atoms with E-state index in [1.807, 2.05) is 18.2 Å². The van der Waals surface area contributed by atoms with E-state index in [-0.39, 0.29) is 0 Å². The zero-order chi connectivity index (χ0) is 9.97. The minimum Gasteiger partial charge on any atom is -0.351 e. The maximum atomic E-state index is 10.6. The number of carbonyl (C=O) groups is 1. The quantitative estimate of drug-likeness (QED) is 0.713. The van der Waals surface area contributed by atoms with Crippen molar-refractivity contribution in [1.82, 2.24) is 4.98 Å². The fourth-order valence-corrected chi connectivity index (χ4v) is 1.30. The van der Waals surface area contributed by atoms with Crippen LogP contribution in [0.1, 0.15) is 0 Å². The van der Waals surface area contributed by atoms with E-state index >= 15 is 0 Å². The zero-order valence-corrected chi connectivity index (χ0v) is 7.40. The van der Waals surface area contributed by atoms with Crippen molar-refractivity contribution < 1.29 is 4.79 Å². The molecule has 14 heavy (non-hydrogen) atoms. The molecule has 4 heteroatoms. The molecular formula is C10H9N3O. The number of fused-ring (bicyclic) bond motifs is 1. The Morgan fingerprint density at radius 2 is 2.14 bits per heavy atom. The maximum Gasteiger partial charge on any atom is 0.316 e. The number of nitrogens with two attached hydrogens (primary N) is 1. The molecule has 0 fully saturated rings. The van der Waals surface area contributed by atoms with Crippen LogP contribution in [0.4, 0.5) is 10.5 Å². The SMILES string of the molecule is NC(=O)Nc1ccc2cnccc2c1. The number of hydrogen-bond donors (Lipinski definition) is 2. The van der Waals surface area contributed by atoms with Crippen LogP contribution >= 0.6 is 0 Å². The molecule has 70 valence electrons. The first-order chi connectivity index (χ1) is 6.75. The molecule has 2 aromatic rings. The van der Waals surface area contributed by atoms with Crippen molar-refractivity contribution in [3.8, 4) is 0 Å². The number of amides is 2. The normalized spacial score (nSPS) is 10.0. The Labute approximate surface area is 80.7 Å². The first kappa shape index (κ1) is 8.50. The van der Waals surface area contributed by atoms with Crippen LogP contribution in [-0.2, 0) is 0 Å². The Morgan fingerprint density at radius 3 is 2.93 bits per heavy atom. The highest BCUT2D eigenvalue weighted by atomic mass is 16.2. The molecule has 0 saturated heterocycles. The summed E-state index contributed by atoms with van der Waals surface area (Å²) in [6.07, 6.45) is 3.47. The number of urea groups is 1. The molecule has 3 N–H and O–H groups in total. The summed E-state index contributed by atoms with van der Waals surface area (Å²) >= 11 is 0. The summed E-state index contributed by atoms with van der Waals surface area (Å²) in [6, 6.07) is 6.84. The number of carbonyl (C=O) groups excluding carboxylic acids is 1. The van der Waals surface area contributed by atoms with E-state index in [4.69, 9.17) is 5.73 Å². The average Bonchev–Trinajstić information content (AvgIpc) is 2.17. The molecule has 0 unspecified atom stereocenters. The molecule has 1 heterocycles. The highest BCUT2D eigenvalue weighted by molar-refractivity contribution is 5.92. The number of benzene rings is 1. The summed E-state index contributed by atoms with van der Waals surface area (Å²) in [6.45, 7) is 0. The van der Waals surface area contributed by atoms with Gasteiger partial charge in [-0.2, -0.15) is 0 Å². The third-order valence-corrected chi connectivity index (χ3v) is 1.91. The number of nitrogens with zero attached hydrogens (tertiary/aromatic N) is 1. The molecule has 2 rings (SSSR count). The van der Waals surface area contributed by atoms with Gasteiger partial charge in [0.05, 0.1) is 0 Å². The van der Waals surface area contributed by atoms with Crippen LogP contribution in [0.2, 0.25) is 0 Å².